The van der Waals surface area contributed by atoms with Gasteiger partial charge in [0.1, 0.15) is 5.75 Å². The van der Waals surface area contributed by atoms with Crippen LogP contribution >= 0.6 is 11.6 Å². The highest BCUT2D eigenvalue weighted by molar-refractivity contribution is 6.30. The first kappa shape index (κ1) is 16.4. The van der Waals surface area contributed by atoms with Gasteiger partial charge in [0.2, 0.25) is 5.91 Å². The zero-order chi connectivity index (χ0) is 16.3. The lowest BCUT2D eigenvalue weighted by Gasteiger charge is -2.20. The summed E-state index contributed by atoms with van der Waals surface area (Å²) in [5.74, 6) is 0.651. The van der Waals surface area contributed by atoms with Crippen molar-refractivity contribution in [3.63, 3.8) is 0 Å². The molecule has 0 atom stereocenters. The molecule has 2 aromatic rings. The molecule has 0 spiro atoms. The minimum atomic E-state index is -0.472. The smallest absolute Gasteiger partial charge is 0.229 e. The lowest BCUT2D eigenvalue weighted by molar-refractivity contribution is -0.123. The summed E-state index contributed by atoms with van der Waals surface area (Å²) in [5.41, 5.74) is 2.16. The van der Waals surface area contributed by atoms with Crippen molar-refractivity contribution in [1.29, 1.82) is 0 Å². The van der Waals surface area contributed by atoms with Crippen LogP contribution in [0.25, 0.3) is 11.1 Å². The number of carbonyl (C=O) groups excluding carboxylic acids is 1. The summed E-state index contributed by atoms with van der Waals surface area (Å²) >= 11 is 5.94. The highest BCUT2D eigenvalue weighted by Gasteiger charge is 2.22. The molecular weight excluding hydrogens is 298 g/mol. The monoisotopic (exact) mass is 317 g/mol. The van der Waals surface area contributed by atoms with Crippen molar-refractivity contribution in [2.24, 2.45) is 5.41 Å². The van der Waals surface area contributed by atoms with Crippen molar-refractivity contribution >= 4 is 23.2 Å². The minimum absolute atomic E-state index is 0.0454. The summed E-state index contributed by atoms with van der Waals surface area (Å²) in [4.78, 5) is 12.3. The lowest BCUT2D eigenvalue weighted by atomic mass is 9.95. The maximum Gasteiger partial charge on any atom is 0.229 e. The summed E-state index contributed by atoms with van der Waals surface area (Å²) in [7, 11) is 1.60. The summed E-state index contributed by atoms with van der Waals surface area (Å²) < 4.78 is 5.26. The van der Waals surface area contributed by atoms with Crippen LogP contribution in [0.3, 0.4) is 0 Å². The maximum atomic E-state index is 12.3. The molecule has 4 heteroatoms. The normalized spacial score (nSPS) is 11.1. The largest absolute Gasteiger partial charge is 0.497 e. The van der Waals surface area contributed by atoms with E-state index in [1.54, 1.807) is 7.11 Å². The number of amides is 1. The third-order valence-corrected chi connectivity index (χ3v) is 3.56. The predicted molar refractivity (Wildman–Crippen MR) is 91.5 cm³/mol. The first-order valence-electron chi connectivity index (χ1n) is 7.06. The van der Waals surface area contributed by atoms with Crippen LogP contribution in [0.2, 0.25) is 5.02 Å². The number of benzene rings is 2. The highest BCUT2D eigenvalue weighted by atomic mass is 35.5. The van der Waals surface area contributed by atoms with E-state index in [1.807, 2.05) is 63.2 Å². The van der Waals surface area contributed by atoms with Gasteiger partial charge < -0.3 is 10.1 Å². The van der Waals surface area contributed by atoms with Gasteiger partial charge in [-0.15, -0.1) is 0 Å². The van der Waals surface area contributed by atoms with Crippen molar-refractivity contribution in [2.45, 2.75) is 20.8 Å². The fourth-order valence-corrected chi connectivity index (χ4v) is 2.07. The van der Waals surface area contributed by atoms with E-state index in [2.05, 4.69) is 5.32 Å². The molecule has 1 amide bonds. The van der Waals surface area contributed by atoms with Gasteiger partial charge in [0.25, 0.3) is 0 Å². The van der Waals surface area contributed by atoms with E-state index in [0.717, 1.165) is 16.8 Å². The number of carbonyl (C=O) groups is 1. The van der Waals surface area contributed by atoms with Crippen LogP contribution in [-0.2, 0) is 4.79 Å². The standard InChI is InChI=1S/C18H20ClNO2/c1-18(2,3)17(21)20-16-11-14(22-4)9-10-15(16)12-5-7-13(19)8-6-12/h5-11H,1-4H3,(H,20,21). The Labute approximate surface area is 136 Å². The SMILES string of the molecule is COc1ccc(-c2ccc(Cl)cc2)c(NC(=O)C(C)(C)C)c1. The minimum Gasteiger partial charge on any atom is -0.497 e. The Balaban J connectivity index is 2.45. The summed E-state index contributed by atoms with van der Waals surface area (Å²) in [5, 5.41) is 3.66. The Kier molecular flexibility index (Phi) is 4.77. The van der Waals surface area contributed by atoms with Gasteiger partial charge in [-0.2, -0.15) is 0 Å². The van der Waals surface area contributed by atoms with E-state index in [-0.39, 0.29) is 5.91 Å². The van der Waals surface area contributed by atoms with E-state index < -0.39 is 5.41 Å². The predicted octanol–water partition coefficient (Wildman–Crippen LogP) is 5.00. The zero-order valence-electron chi connectivity index (χ0n) is 13.2. The van der Waals surface area contributed by atoms with Crippen LogP contribution < -0.4 is 10.1 Å². The Morgan fingerprint density at radius 1 is 1.09 bits per heavy atom. The number of hydrogen-bond acceptors (Lipinski definition) is 2. The van der Waals surface area contributed by atoms with Crippen LogP contribution in [-0.4, -0.2) is 13.0 Å². The third kappa shape index (κ3) is 3.80. The van der Waals surface area contributed by atoms with Crippen molar-refractivity contribution in [3.8, 4) is 16.9 Å². The van der Waals surface area contributed by atoms with Gasteiger partial charge in [0.15, 0.2) is 0 Å². The molecule has 0 aliphatic rings. The second-order valence-corrected chi connectivity index (χ2v) is 6.56. The van der Waals surface area contributed by atoms with E-state index in [4.69, 9.17) is 16.3 Å². The Hall–Kier alpha value is -2.00. The fourth-order valence-electron chi connectivity index (χ4n) is 1.94. The second-order valence-electron chi connectivity index (χ2n) is 6.12. The van der Waals surface area contributed by atoms with Gasteiger partial charge in [0.05, 0.1) is 12.8 Å². The molecule has 2 rings (SSSR count). The van der Waals surface area contributed by atoms with Crippen molar-refractivity contribution < 1.29 is 9.53 Å². The molecule has 0 radical (unpaired) electrons. The molecule has 22 heavy (non-hydrogen) atoms. The molecule has 2 aromatic carbocycles. The molecule has 0 aliphatic carbocycles. The van der Waals surface area contributed by atoms with Crippen molar-refractivity contribution in [3.05, 3.63) is 47.5 Å². The molecule has 0 unspecified atom stereocenters. The molecule has 0 aliphatic heterocycles. The molecular formula is C18H20ClNO2. The van der Waals surface area contributed by atoms with Crippen LogP contribution in [0, 0.1) is 5.41 Å². The summed E-state index contributed by atoms with van der Waals surface area (Å²) in [6.07, 6.45) is 0. The first-order chi connectivity index (χ1) is 10.3. The lowest BCUT2D eigenvalue weighted by Crippen LogP contribution is -2.27. The Bertz CT molecular complexity index is 672. The van der Waals surface area contributed by atoms with E-state index in [9.17, 15) is 4.79 Å². The van der Waals surface area contributed by atoms with Crippen molar-refractivity contribution in [2.75, 3.05) is 12.4 Å². The van der Waals surface area contributed by atoms with Crippen molar-refractivity contribution in [1.82, 2.24) is 0 Å². The maximum absolute atomic E-state index is 12.3. The fraction of sp³-hybridized carbons (Fsp3) is 0.278. The molecule has 0 bridgehead atoms. The third-order valence-electron chi connectivity index (χ3n) is 3.31. The number of halogens is 1. The van der Waals surface area contributed by atoms with Gasteiger partial charge in [-0.05, 0) is 29.8 Å². The first-order valence-corrected chi connectivity index (χ1v) is 7.44. The van der Waals surface area contributed by atoms with E-state index >= 15 is 0 Å². The van der Waals surface area contributed by atoms with E-state index in [0.29, 0.717) is 10.8 Å². The number of hydrogen-bond donors (Lipinski definition) is 1. The zero-order valence-corrected chi connectivity index (χ0v) is 14.0. The number of nitrogens with one attached hydrogen (secondary N) is 1. The van der Waals surface area contributed by atoms with Crippen LogP contribution in [0.4, 0.5) is 5.69 Å². The van der Waals surface area contributed by atoms with Gasteiger partial charge in [0, 0.05) is 22.1 Å². The molecule has 1 N–H and O–H groups in total. The molecule has 0 fully saturated rings. The molecule has 116 valence electrons. The Morgan fingerprint density at radius 2 is 1.73 bits per heavy atom. The topological polar surface area (TPSA) is 38.3 Å². The number of rotatable bonds is 3. The van der Waals surface area contributed by atoms with Crippen LogP contribution in [0.15, 0.2) is 42.5 Å². The number of ether oxygens (including phenoxy) is 1. The van der Waals surface area contributed by atoms with Gasteiger partial charge >= 0.3 is 0 Å². The number of anilines is 1. The molecule has 0 saturated carbocycles. The average molecular weight is 318 g/mol. The highest BCUT2D eigenvalue weighted by Crippen LogP contribution is 2.33. The molecule has 0 heterocycles. The average Bonchev–Trinajstić information content (AvgIpc) is 2.47. The van der Waals surface area contributed by atoms with Crippen LogP contribution in [0.1, 0.15) is 20.8 Å². The molecule has 0 aromatic heterocycles. The molecule has 0 saturated heterocycles. The second kappa shape index (κ2) is 6.41. The van der Waals surface area contributed by atoms with Gasteiger partial charge in [-0.1, -0.05) is 44.5 Å². The summed E-state index contributed by atoms with van der Waals surface area (Å²) in [6, 6.07) is 13.1. The molecule has 3 nitrogen and oxygen atoms in total. The van der Waals surface area contributed by atoms with Crippen LogP contribution in [0.5, 0.6) is 5.75 Å². The van der Waals surface area contributed by atoms with Gasteiger partial charge in [-0.3, -0.25) is 4.79 Å². The number of methoxy groups -OCH3 is 1. The quantitative estimate of drug-likeness (QED) is 0.865. The van der Waals surface area contributed by atoms with Gasteiger partial charge in [-0.25, -0.2) is 0 Å². The van der Waals surface area contributed by atoms with E-state index in [1.165, 1.54) is 0 Å². The summed E-state index contributed by atoms with van der Waals surface area (Å²) in [6.45, 7) is 5.64. The Morgan fingerprint density at radius 3 is 2.27 bits per heavy atom.